The van der Waals surface area contributed by atoms with Gasteiger partial charge in [0.25, 0.3) is 5.91 Å². The smallest absolute Gasteiger partial charge is 0.254 e. The van der Waals surface area contributed by atoms with Gasteiger partial charge in [-0.05, 0) is 43.7 Å². The molecule has 1 N–H and O–H groups in total. The van der Waals surface area contributed by atoms with Crippen LogP contribution in [0.25, 0.3) is 0 Å². The Hall–Kier alpha value is -2.70. The lowest BCUT2D eigenvalue weighted by atomic mass is 9.98. The number of amides is 1. The van der Waals surface area contributed by atoms with Crippen LogP contribution in [-0.2, 0) is 0 Å². The summed E-state index contributed by atoms with van der Waals surface area (Å²) in [7, 11) is 0. The van der Waals surface area contributed by atoms with Gasteiger partial charge >= 0.3 is 0 Å². The molecule has 1 saturated carbocycles. The molecule has 3 atom stereocenters. The molecule has 3 fully saturated rings. The third kappa shape index (κ3) is 3.30. The summed E-state index contributed by atoms with van der Waals surface area (Å²) in [5, 5.41) is 3.53. The van der Waals surface area contributed by atoms with Crippen LogP contribution in [0.4, 0.5) is 11.6 Å². The molecule has 0 bridgehead atoms. The Balaban J connectivity index is 1.27. The number of rotatable bonds is 4. The zero-order valence-electron chi connectivity index (χ0n) is 16.0. The van der Waals surface area contributed by atoms with Crippen molar-refractivity contribution < 1.29 is 4.79 Å². The second-order valence-electron chi connectivity index (χ2n) is 8.15. The van der Waals surface area contributed by atoms with Crippen molar-refractivity contribution >= 4 is 17.5 Å². The monoisotopic (exact) mass is 378 g/mol. The topological polar surface area (TPSA) is 74.2 Å². The van der Waals surface area contributed by atoms with Gasteiger partial charge in [-0.2, -0.15) is 0 Å². The van der Waals surface area contributed by atoms with Gasteiger partial charge in [0.1, 0.15) is 11.6 Å². The van der Waals surface area contributed by atoms with E-state index in [4.69, 9.17) is 0 Å². The number of likely N-dealkylation sites (tertiary alicyclic amines) is 1. The number of nitrogens with zero attached hydrogens (tertiary/aromatic N) is 5. The maximum atomic E-state index is 13.1. The number of carbonyl (C=O) groups excluding carboxylic acids is 1. The van der Waals surface area contributed by atoms with Gasteiger partial charge in [0.2, 0.25) is 0 Å². The molecule has 0 unspecified atom stereocenters. The highest BCUT2D eigenvalue weighted by atomic mass is 16.2. The SMILES string of the molecule is O=C(c1ccnc(N2CCCC2)c1)N1C[C@@H]2CC[C@@H](Nc3cnccn3)[C@@H]2C1. The van der Waals surface area contributed by atoms with Gasteiger partial charge in [0, 0.05) is 62.3 Å². The van der Waals surface area contributed by atoms with Crippen molar-refractivity contribution in [1.82, 2.24) is 19.9 Å². The van der Waals surface area contributed by atoms with Gasteiger partial charge in [-0.1, -0.05) is 0 Å². The fourth-order valence-corrected chi connectivity index (χ4v) is 5.03. The largest absolute Gasteiger partial charge is 0.366 e. The third-order valence-corrected chi connectivity index (χ3v) is 6.46. The van der Waals surface area contributed by atoms with Gasteiger partial charge < -0.3 is 15.1 Å². The van der Waals surface area contributed by atoms with Crippen molar-refractivity contribution in [3.63, 3.8) is 0 Å². The lowest BCUT2D eigenvalue weighted by molar-refractivity contribution is 0.0780. The second kappa shape index (κ2) is 7.37. The van der Waals surface area contributed by atoms with Crippen LogP contribution in [-0.4, -0.2) is 58.0 Å². The Labute approximate surface area is 165 Å². The molecule has 0 aromatic carbocycles. The van der Waals surface area contributed by atoms with Crippen molar-refractivity contribution in [3.8, 4) is 0 Å². The van der Waals surface area contributed by atoms with Gasteiger partial charge in [0.15, 0.2) is 0 Å². The summed E-state index contributed by atoms with van der Waals surface area (Å²) in [6.45, 7) is 3.73. The van der Waals surface area contributed by atoms with Crippen molar-refractivity contribution in [3.05, 3.63) is 42.5 Å². The van der Waals surface area contributed by atoms with Crippen LogP contribution in [0.5, 0.6) is 0 Å². The minimum atomic E-state index is 0.135. The fraction of sp³-hybridized carbons (Fsp3) is 0.524. The number of fused-ring (bicyclic) bond motifs is 1. The van der Waals surface area contributed by atoms with Crippen LogP contribution in [0.3, 0.4) is 0 Å². The van der Waals surface area contributed by atoms with Crippen molar-refractivity contribution in [2.75, 3.05) is 36.4 Å². The van der Waals surface area contributed by atoms with E-state index in [1.807, 2.05) is 17.0 Å². The number of carbonyl (C=O) groups is 1. The van der Waals surface area contributed by atoms with Crippen LogP contribution in [0, 0.1) is 11.8 Å². The Bertz CT molecular complexity index is 838. The Morgan fingerprint density at radius 3 is 2.79 bits per heavy atom. The number of aromatic nitrogens is 3. The normalized spacial score (nSPS) is 26.5. The van der Waals surface area contributed by atoms with E-state index in [1.165, 1.54) is 12.8 Å². The summed E-state index contributed by atoms with van der Waals surface area (Å²) in [5.74, 6) is 2.94. The number of pyridine rings is 1. The van der Waals surface area contributed by atoms with Crippen LogP contribution >= 0.6 is 0 Å². The molecule has 5 rings (SSSR count). The van der Waals surface area contributed by atoms with E-state index in [0.717, 1.165) is 56.2 Å². The summed E-state index contributed by atoms with van der Waals surface area (Å²) in [5.41, 5.74) is 0.760. The summed E-state index contributed by atoms with van der Waals surface area (Å²) >= 11 is 0. The maximum absolute atomic E-state index is 13.1. The highest BCUT2D eigenvalue weighted by Gasteiger charge is 2.44. The van der Waals surface area contributed by atoms with Crippen molar-refractivity contribution in [1.29, 1.82) is 0 Å². The fourth-order valence-electron chi connectivity index (χ4n) is 5.03. The average molecular weight is 378 g/mol. The second-order valence-corrected chi connectivity index (χ2v) is 8.15. The molecule has 2 aliphatic heterocycles. The number of hydrogen-bond acceptors (Lipinski definition) is 6. The maximum Gasteiger partial charge on any atom is 0.254 e. The predicted octanol–water partition coefficient (Wildman–Crippen LogP) is 2.43. The minimum Gasteiger partial charge on any atom is -0.366 e. The Morgan fingerprint density at radius 1 is 1.07 bits per heavy atom. The average Bonchev–Trinajstić information content (AvgIpc) is 3.47. The first-order valence-electron chi connectivity index (χ1n) is 10.3. The summed E-state index contributed by atoms with van der Waals surface area (Å²) in [6, 6.07) is 4.18. The quantitative estimate of drug-likeness (QED) is 0.881. The van der Waals surface area contributed by atoms with E-state index in [2.05, 4.69) is 25.2 Å². The molecule has 2 aromatic rings. The van der Waals surface area contributed by atoms with E-state index in [0.29, 0.717) is 17.9 Å². The zero-order chi connectivity index (χ0) is 18.9. The third-order valence-electron chi connectivity index (χ3n) is 6.46. The molecule has 0 radical (unpaired) electrons. The molecule has 0 spiro atoms. The minimum absolute atomic E-state index is 0.135. The number of nitrogens with one attached hydrogen (secondary N) is 1. The molecule has 28 heavy (non-hydrogen) atoms. The standard InChI is InChI=1S/C21H26N6O/c28-21(15-5-6-24-20(11-15)26-9-1-2-10-26)27-13-16-3-4-18(17(16)14-27)25-19-12-22-7-8-23-19/h5-8,11-12,16-18H,1-4,9-10,13-14H2,(H,23,25)/t16-,17+,18+/m0/s1. The number of anilines is 2. The van der Waals surface area contributed by atoms with Gasteiger partial charge in [0.05, 0.1) is 6.20 Å². The van der Waals surface area contributed by atoms with Crippen LogP contribution in [0.2, 0.25) is 0 Å². The Kier molecular flexibility index (Phi) is 4.58. The van der Waals surface area contributed by atoms with Gasteiger partial charge in [-0.15, -0.1) is 0 Å². The summed E-state index contributed by atoms with van der Waals surface area (Å²) in [4.78, 5) is 30.4. The molecule has 1 amide bonds. The van der Waals surface area contributed by atoms with Crippen LogP contribution < -0.4 is 10.2 Å². The first-order valence-corrected chi connectivity index (χ1v) is 10.3. The van der Waals surface area contributed by atoms with Gasteiger partial charge in [-0.3, -0.25) is 9.78 Å². The van der Waals surface area contributed by atoms with Crippen LogP contribution in [0.1, 0.15) is 36.0 Å². The molecule has 7 nitrogen and oxygen atoms in total. The molecule has 2 aromatic heterocycles. The van der Waals surface area contributed by atoms with Crippen molar-refractivity contribution in [2.45, 2.75) is 31.7 Å². The first-order chi connectivity index (χ1) is 13.8. The highest BCUT2D eigenvalue weighted by molar-refractivity contribution is 5.95. The summed E-state index contributed by atoms with van der Waals surface area (Å²) in [6.07, 6.45) is 11.6. The molecule has 2 saturated heterocycles. The lowest BCUT2D eigenvalue weighted by Crippen LogP contribution is -2.33. The molecule has 4 heterocycles. The molecule has 3 aliphatic rings. The first kappa shape index (κ1) is 17.4. The molecule has 146 valence electrons. The number of hydrogen-bond donors (Lipinski definition) is 1. The molecule has 7 heteroatoms. The van der Waals surface area contributed by atoms with E-state index in [-0.39, 0.29) is 5.91 Å². The lowest BCUT2D eigenvalue weighted by Gasteiger charge is -2.22. The zero-order valence-corrected chi connectivity index (χ0v) is 16.0. The van der Waals surface area contributed by atoms with Crippen molar-refractivity contribution in [2.24, 2.45) is 11.8 Å². The predicted molar refractivity (Wildman–Crippen MR) is 107 cm³/mol. The summed E-state index contributed by atoms with van der Waals surface area (Å²) < 4.78 is 0. The van der Waals surface area contributed by atoms with E-state index < -0.39 is 0 Å². The molecular weight excluding hydrogens is 352 g/mol. The van der Waals surface area contributed by atoms with E-state index in [1.54, 1.807) is 24.8 Å². The molecular formula is C21H26N6O. The highest BCUT2D eigenvalue weighted by Crippen LogP contribution is 2.39. The Morgan fingerprint density at radius 2 is 1.96 bits per heavy atom. The molecule has 1 aliphatic carbocycles. The van der Waals surface area contributed by atoms with Crippen LogP contribution in [0.15, 0.2) is 36.9 Å². The van der Waals surface area contributed by atoms with Gasteiger partial charge in [-0.25, -0.2) is 9.97 Å². The van der Waals surface area contributed by atoms with E-state index >= 15 is 0 Å². The van der Waals surface area contributed by atoms with E-state index in [9.17, 15) is 4.79 Å².